The van der Waals surface area contributed by atoms with Crippen molar-refractivity contribution < 1.29 is 0 Å². The predicted octanol–water partition coefficient (Wildman–Crippen LogP) is 4.10. The summed E-state index contributed by atoms with van der Waals surface area (Å²) in [5, 5.41) is 0. The smallest absolute Gasteiger partial charge is 0.0593 e. The maximum absolute atomic E-state index is 6.34. The van der Waals surface area contributed by atoms with Crippen LogP contribution in [0.3, 0.4) is 0 Å². The number of aryl methyl sites for hydroxylation is 1. The Morgan fingerprint density at radius 1 is 1.37 bits per heavy atom. The highest BCUT2D eigenvalue weighted by Crippen LogP contribution is 2.34. The average molecular weight is 280 g/mol. The monoisotopic (exact) mass is 280 g/mol. The van der Waals surface area contributed by atoms with Gasteiger partial charge in [-0.1, -0.05) is 19.8 Å². The fourth-order valence-electron chi connectivity index (χ4n) is 3.34. The summed E-state index contributed by atoms with van der Waals surface area (Å²) in [6.07, 6.45) is 6.66. The number of hydrogen-bond donors (Lipinski definition) is 1. The second-order valence-electron chi connectivity index (χ2n) is 5.90. The Bertz CT molecular complexity index is 386. The van der Waals surface area contributed by atoms with Crippen molar-refractivity contribution in [3.63, 3.8) is 0 Å². The summed E-state index contributed by atoms with van der Waals surface area (Å²) in [4.78, 5) is 5.54. The summed E-state index contributed by atoms with van der Waals surface area (Å²) in [5.74, 6) is 0. The van der Waals surface area contributed by atoms with E-state index in [1.54, 1.807) is 0 Å². The third-order valence-electron chi connectivity index (χ3n) is 4.30. The van der Waals surface area contributed by atoms with E-state index in [-0.39, 0.29) is 6.04 Å². The molecule has 0 bridgehead atoms. The number of likely N-dealkylation sites (tertiary alicyclic amines) is 1. The van der Waals surface area contributed by atoms with Crippen LogP contribution in [-0.4, -0.2) is 23.5 Å². The lowest BCUT2D eigenvalue weighted by atomic mass is 10.0. The van der Waals surface area contributed by atoms with Gasteiger partial charge in [0.2, 0.25) is 0 Å². The van der Waals surface area contributed by atoms with Crippen molar-refractivity contribution >= 4 is 11.3 Å². The molecule has 1 aliphatic heterocycles. The molecule has 1 fully saturated rings. The van der Waals surface area contributed by atoms with E-state index in [1.165, 1.54) is 48.4 Å². The number of thiophene rings is 1. The highest BCUT2D eigenvalue weighted by molar-refractivity contribution is 7.12. The SMILES string of the molecule is CCC1CCCCCN1C(c1ccc(C)s1)C(C)N. The zero-order valence-electron chi connectivity index (χ0n) is 12.6. The first-order chi connectivity index (χ1) is 9.13. The van der Waals surface area contributed by atoms with E-state index in [1.807, 2.05) is 11.3 Å². The minimum atomic E-state index is 0.199. The van der Waals surface area contributed by atoms with Crippen LogP contribution < -0.4 is 5.73 Å². The molecule has 1 aliphatic rings. The summed E-state index contributed by atoms with van der Waals surface area (Å²) >= 11 is 1.92. The van der Waals surface area contributed by atoms with Crippen molar-refractivity contribution in [2.45, 2.75) is 71.0 Å². The average Bonchev–Trinajstić information content (AvgIpc) is 2.65. The molecule has 2 N–H and O–H groups in total. The van der Waals surface area contributed by atoms with Crippen LogP contribution in [0.2, 0.25) is 0 Å². The van der Waals surface area contributed by atoms with E-state index >= 15 is 0 Å². The standard InChI is InChI=1S/C16H28N2S/c1-4-14-8-6-5-7-11-18(14)16(13(3)17)15-10-9-12(2)19-15/h9-10,13-14,16H,4-8,11,17H2,1-3H3. The summed E-state index contributed by atoms with van der Waals surface area (Å²) in [7, 11) is 0. The van der Waals surface area contributed by atoms with Gasteiger partial charge in [-0.25, -0.2) is 0 Å². The van der Waals surface area contributed by atoms with E-state index in [0.717, 1.165) is 0 Å². The van der Waals surface area contributed by atoms with Crippen LogP contribution >= 0.6 is 11.3 Å². The maximum Gasteiger partial charge on any atom is 0.0593 e. The molecule has 1 aromatic heterocycles. The molecular weight excluding hydrogens is 252 g/mol. The van der Waals surface area contributed by atoms with Gasteiger partial charge in [0.1, 0.15) is 0 Å². The van der Waals surface area contributed by atoms with Crippen molar-refractivity contribution in [1.82, 2.24) is 4.90 Å². The summed E-state index contributed by atoms with van der Waals surface area (Å²) in [6.45, 7) is 7.88. The number of nitrogens with zero attached hydrogens (tertiary/aromatic N) is 1. The van der Waals surface area contributed by atoms with Gasteiger partial charge >= 0.3 is 0 Å². The predicted molar refractivity (Wildman–Crippen MR) is 84.7 cm³/mol. The number of rotatable bonds is 4. The molecule has 108 valence electrons. The van der Waals surface area contributed by atoms with Crippen LogP contribution in [0.1, 0.15) is 61.7 Å². The fraction of sp³-hybridized carbons (Fsp3) is 0.750. The first kappa shape index (κ1) is 15.0. The normalized spacial score (nSPS) is 24.9. The maximum atomic E-state index is 6.34. The van der Waals surface area contributed by atoms with Crippen molar-refractivity contribution in [1.29, 1.82) is 0 Å². The third-order valence-corrected chi connectivity index (χ3v) is 5.37. The van der Waals surface area contributed by atoms with Crippen molar-refractivity contribution in [2.24, 2.45) is 5.73 Å². The highest BCUT2D eigenvalue weighted by Gasteiger charge is 2.30. The Kier molecular flexibility index (Phi) is 5.43. The summed E-state index contributed by atoms with van der Waals surface area (Å²) in [6, 6.07) is 5.83. The summed E-state index contributed by atoms with van der Waals surface area (Å²) < 4.78 is 0. The van der Waals surface area contributed by atoms with Crippen LogP contribution in [0, 0.1) is 6.92 Å². The number of hydrogen-bond acceptors (Lipinski definition) is 3. The highest BCUT2D eigenvalue weighted by atomic mass is 32.1. The second-order valence-corrected chi connectivity index (χ2v) is 7.22. The molecule has 2 heterocycles. The van der Waals surface area contributed by atoms with Crippen LogP contribution in [0.4, 0.5) is 0 Å². The molecule has 0 aliphatic carbocycles. The van der Waals surface area contributed by atoms with E-state index < -0.39 is 0 Å². The molecule has 0 aromatic carbocycles. The molecule has 3 unspecified atom stereocenters. The molecule has 3 atom stereocenters. The Labute approximate surface area is 122 Å². The topological polar surface area (TPSA) is 29.3 Å². The lowest BCUT2D eigenvalue weighted by Crippen LogP contribution is -2.44. The second kappa shape index (κ2) is 6.87. The lowest BCUT2D eigenvalue weighted by molar-refractivity contribution is 0.119. The molecule has 2 nitrogen and oxygen atoms in total. The van der Waals surface area contributed by atoms with Crippen molar-refractivity contribution in [2.75, 3.05) is 6.54 Å². The molecule has 0 saturated carbocycles. The summed E-state index contributed by atoms with van der Waals surface area (Å²) in [5.41, 5.74) is 6.34. The minimum absolute atomic E-state index is 0.199. The van der Waals surface area contributed by atoms with Crippen molar-refractivity contribution in [3.8, 4) is 0 Å². The Morgan fingerprint density at radius 2 is 2.16 bits per heavy atom. The van der Waals surface area contributed by atoms with Gasteiger partial charge in [0, 0.05) is 21.8 Å². The fourth-order valence-corrected chi connectivity index (χ4v) is 4.46. The van der Waals surface area contributed by atoms with Gasteiger partial charge in [-0.05, 0) is 51.8 Å². The van der Waals surface area contributed by atoms with E-state index in [0.29, 0.717) is 12.1 Å². The molecule has 0 spiro atoms. The van der Waals surface area contributed by atoms with Gasteiger partial charge in [0.15, 0.2) is 0 Å². The van der Waals surface area contributed by atoms with Gasteiger partial charge in [-0.15, -0.1) is 11.3 Å². The first-order valence-corrected chi connectivity index (χ1v) is 8.52. The Hall–Kier alpha value is -0.380. The molecule has 0 radical (unpaired) electrons. The molecular formula is C16H28N2S. The molecule has 0 amide bonds. The molecule has 1 aromatic rings. The van der Waals surface area contributed by atoms with Crippen LogP contribution in [-0.2, 0) is 0 Å². The third kappa shape index (κ3) is 3.59. The molecule has 1 saturated heterocycles. The molecule has 3 heteroatoms. The molecule has 2 rings (SSSR count). The zero-order chi connectivity index (χ0) is 13.8. The van der Waals surface area contributed by atoms with Crippen LogP contribution in [0.5, 0.6) is 0 Å². The molecule has 19 heavy (non-hydrogen) atoms. The number of nitrogens with two attached hydrogens (primary N) is 1. The Morgan fingerprint density at radius 3 is 2.74 bits per heavy atom. The van der Waals surface area contributed by atoms with E-state index in [2.05, 4.69) is 37.8 Å². The van der Waals surface area contributed by atoms with E-state index in [4.69, 9.17) is 5.73 Å². The largest absolute Gasteiger partial charge is 0.326 e. The van der Waals surface area contributed by atoms with Gasteiger partial charge in [-0.3, -0.25) is 4.90 Å². The van der Waals surface area contributed by atoms with Gasteiger partial charge in [-0.2, -0.15) is 0 Å². The van der Waals surface area contributed by atoms with E-state index in [9.17, 15) is 0 Å². The van der Waals surface area contributed by atoms with Gasteiger partial charge in [0.05, 0.1) is 6.04 Å². The minimum Gasteiger partial charge on any atom is -0.326 e. The lowest BCUT2D eigenvalue weighted by Gasteiger charge is -2.38. The van der Waals surface area contributed by atoms with Gasteiger partial charge in [0.25, 0.3) is 0 Å². The zero-order valence-corrected chi connectivity index (χ0v) is 13.4. The van der Waals surface area contributed by atoms with Crippen molar-refractivity contribution in [3.05, 3.63) is 21.9 Å². The van der Waals surface area contributed by atoms with Crippen LogP contribution in [0.25, 0.3) is 0 Å². The quantitative estimate of drug-likeness (QED) is 0.899. The Balaban J connectivity index is 2.25. The van der Waals surface area contributed by atoms with Gasteiger partial charge < -0.3 is 5.73 Å². The first-order valence-electron chi connectivity index (χ1n) is 7.71. The van der Waals surface area contributed by atoms with Crippen LogP contribution in [0.15, 0.2) is 12.1 Å².